The third kappa shape index (κ3) is 5.64. The third-order valence-electron chi connectivity index (χ3n) is 5.21. The van der Waals surface area contributed by atoms with Crippen LogP contribution in [0.5, 0.6) is 0 Å². The lowest BCUT2D eigenvalue weighted by Crippen LogP contribution is -2.58. The van der Waals surface area contributed by atoms with Crippen LogP contribution < -0.4 is 5.32 Å². The fraction of sp³-hybridized carbons (Fsp3) is 0.591. The van der Waals surface area contributed by atoms with Gasteiger partial charge in [-0.25, -0.2) is 4.79 Å². The van der Waals surface area contributed by atoms with Gasteiger partial charge in [-0.2, -0.15) is 0 Å². The van der Waals surface area contributed by atoms with E-state index < -0.39 is 5.60 Å². The normalized spacial score (nSPS) is 18.5. The second-order valence-electron chi connectivity index (χ2n) is 8.68. The van der Waals surface area contributed by atoms with Gasteiger partial charge >= 0.3 is 6.09 Å². The monoisotopic (exact) mass is 415 g/mol. The number of fused-ring (bicyclic) bond motifs is 1. The SMILES string of the molecule is CCN(Cc1ccccc1)C(=O)CNC1=NCC2CN(C(=O)OC(C)(C)C)CCN12. The lowest BCUT2D eigenvalue weighted by atomic mass is 10.2. The summed E-state index contributed by atoms with van der Waals surface area (Å²) in [4.78, 5) is 35.3. The Labute approximate surface area is 178 Å². The van der Waals surface area contributed by atoms with Gasteiger partial charge in [0.25, 0.3) is 0 Å². The van der Waals surface area contributed by atoms with Gasteiger partial charge in [-0.15, -0.1) is 0 Å². The van der Waals surface area contributed by atoms with Crippen molar-refractivity contribution in [1.29, 1.82) is 0 Å². The first-order valence-corrected chi connectivity index (χ1v) is 10.6. The Hall–Kier alpha value is -2.77. The van der Waals surface area contributed by atoms with Gasteiger partial charge in [0, 0.05) is 32.7 Å². The van der Waals surface area contributed by atoms with Crippen LogP contribution in [0, 0.1) is 0 Å². The fourth-order valence-electron chi connectivity index (χ4n) is 3.67. The topological polar surface area (TPSA) is 77.5 Å². The average Bonchev–Trinajstić information content (AvgIpc) is 3.12. The number of nitrogens with one attached hydrogen (secondary N) is 1. The summed E-state index contributed by atoms with van der Waals surface area (Å²) in [6.45, 7) is 11.5. The summed E-state index contributed by atoms with van der Waals surface area (Å²) in [5.74, 6) is 0.785. The maximum absolute atomic E-state index is 12.7. The minimum Gasteiger partial charge on any atom is -0.444 e. The number of carbonyl (C=O) groups is 2. The highest BCUT2D eigenvalue weighted by Crippen LogP contribution is 2.18. The predicted octanol–water partition coefficient (Wildman–Crippen LogP) is 1.92. The molecule has 8 heteroatoms. The van der Waals surface area contributed by atoms with E-state index in [1.165, 1.54) is 0 Å². The number of likely N-dealkylation sites (N-methyl/N-ethyl adjacent to an activating group) is 1. The summed E-state index contributed by atoms with van der Waals surface area (Å²) in [5, 5.41) is 3.21. The number of guanidine groups is 1. The summed E-state index contributed by atoms with van der Waals surface area (Å²) < 4.78 is 5.48. The van der Waals surface area contributed by atoms with E-state index in [2.05, 4.69) is 15.2 Å². The Balaban J connectivity index is 1.48. The second-order valence-corrected chi connectivity index (χ2v) is 8.68. The van der Waals surface area contributed by atoms with Crippen molar-refractivity contribution in [2.45, 2.75) is 45.9 Å². The number of piperazine rings is 1. The standard InChI is InChI=1S/C22H33N5O3/c1-5-25(15-17-9-7-6-8-10-17)19(28)14-24-20-23-13-18-16-26(11-12-27(18)20)21(29)30-22(2,3)4/h6-10,18H,5,11-16H2,1-4H3,(H,23,24). The van der Waals surface area contributed by atoms with E-state index >= 15 is 0 Å². The van der Waals surface area contributed by atoms with Crippen LogP contribution in [0.4, 0.5) is 4.79 Å². The Kier molecular flexibility index (Phi) is 6.84. The first-order chi connectivity index (χ1) is 14.3. The Morgan fingerprint density at radius 2 is 1.97 bits per heavy atom. The summed E-state index contributed by atoms with van der Waals surface area (Å²) in [5.41, 5.74) is 0.613. The Morgan fingerprint density at radius 1 is 1.23 bits per heavy atom. The van der Waals surface area contributed by atoms with Gasteiger partial charge in [0.15, 0.2) is 5.96 Å². The number of rotatable bonds is 5. The van der Waals surface area contributed by atoms with Crippen LogP contribution in [0.15, 0.2) is 35.3 Å². The van der Waals surface area contributed by atoms with Crippen molar-refractivity contribution in [3.8, 4) is 0 Å². The van der Waals surface area contributed by atoms with Crippen LogP contribution in [0.25, 0.3) is 0 Å². The molecule has 0 bridgehead atoms. The van der Waals surface area contributed by atoms with Gasteiger partial charge in [-0.3, -0.25) is 9.79 Å². The molecule has 1 aromatic carbocycles. The fourth-order valence-corrected chi connectivity index (χ4v) is 3.67. The van der Waals surface area contributed by atoms with Crippen LogP contribution in [0.3, 0.4) is 0 Å². The molecular weight excluding hydrogens is 382 g/mol. The largest absolute Gasteiger partial charge is 0.444 e. The number of benzene rings is 1. The van der Waals surface area contributed by atoms with E-state index in [9.17, 15) is 9.59 Å². The lowest BCUT2D eigenvalue weighted by Gasteiger charge is -2.39. The van der Waals surface area contributed by atoms with E-state index in [1.54, 1.807) is 4.90 Å². The van der Waals surface area contributed by atoms with Crippen molar-refractivity contribution < 1.29 is 14.3 Å². The summed E-state index contributed by atoms with van der Waals surface area (Å²) in [6.07, 6.45) is -0.279. The minimum absolute atomic E-state index is 0.0416. The molecule has 0 aliphatic carbocycles. The van der Waals surface area contributed by atoms with Gasteiger partial charge in [-0.1, -0.05) is 30.3 Å². The van der Waals surface area contributed by atoms with Crippen molar-refractivity contribution in [3.63, 3.8) is 0 Å². The molecule has 0 spiro atoms. The summed E-state index contributed by atoms with van der Waals surface area (Å²) in [7, 11) is 0. The first-order valence-electron chi connectivity index (χ1n) is 10.6. The van der Waals surface area contributed by atoms with Crippen LogP contribution in [0.1, 0.15) is 33.3 Å². The maximum atomic E-state index is 12.7. The van der Waals surface area contributed by atoms with Gasteiger partial charge in [0.05, 0.1) is 19.1 Å². The number of aliphatic imine (C=N–C) groups is 1. The smallest absolute Gasteiger partial charge is 0.410 e. The highest BCUT2D eigenvalue weighted by atomic mass is 16.6. The predicted molar refractivity (Wildman–Crippen MR) is 116 cm³/mol. The summed E-state index contributed by atoms with van der Waals surface area (Å²) >= 11 is 0. The molecule has 164 valence electrons. The molecule has 1 aromatic rings. The number of nitrogens with zero attached hydrogens (tertiary/aromatic N) is 4. The molecule has 3 rings (SSSR count). The molecule has 1 saturated heterocycles. The molecular formula is C22H33N5O3. The van der Waals surface area contributed by atoms with E-state index in [0.717, 1.165) is 11.5 Å². The number of hydrogen-bond acceptors (Lipinski definition) is 6. The van der Waals surface area contributed by atoms with Gasteiger partial charge in [-0.05, 0) is 33.3 Å². The van der Waals surface area contributed by atoms with Gasteiger partial charge < -0.3 is 24.8 Å². The van der Waals surface area contributed by atoms with Crippen molar-refractivity contribution in [2.24, 2.45) is 4.99 Å². The molecule has 0 saturated carbocycles. The number of hydrogen-bond donors (Lipinski definition) is 1. The lowest BCUT2D eigenvalue weighted by molar-refractivity contribution is -0.130. The van der Waals surface area contributed by atoms with Crippen molar-refractivity contribution in [1.82, 2.24) is 20.0 Å². The summed E-state index contributed by atoms with van der Waals surface area (Å²) in [6, 6.07) is 10.1. The first kappa shape index (κ1) is 21.9. The van der Waals surface area contributed by atoms with Gasteiger partial charge in [0.1, 0.15) is 5.60 Å². The minimum atomic E-state index is -0.502. The average molecular weight is 416 g/mol. The molecule has 8 nitrogen and oxygen atoms in total. The molecule has 1 atom stereocenters. The molecule has 2 aliphatic rings. The molecule has 1 unspecified atom stereocenters. The molecule has 1 N–H and O–H groups in total. The zero-order valence-corrected chi connectivity index (χ0v) is 18.4. The van der Waals surface area contributed by atoms with Crippen LogP contribution >= 0.6 is 0 Å². The quantitative estimate of drug-likeness (QED) is 0.795. The van der Waals surface area contributed by atoms with E-state index in [0.29, 0.717) is 39.3 Å². The van der Waals surface area contributed by atoms with E-state index in [4.69, 9.17) is 4.74 Å². The zero-order chi connectivity index (χ0) is 21.7. The van der Waals surface area contributed by atoms with E-state index in [1.807, 2.05) is 62.9 Å². The Bertz CT molecular complexity index is 775. The molecule has 0 radical (unpaired) electrons. The van der Waals surface area contributed by atoms with Crippen LogP contribution in [0.2, 0.25) is 0 Å². The highest BCUT2D eigenvalue weighted by molar-refractivity contribution is 5.88. The number of carbonyl (C=O) groups excluding carboxylic acids is 2. The Morgan fingerprint density at radius 3 is 2.63 bits per heavy atom. The van der Waals surface area contributed by atoms with Gasteiger partial charge in [0.2, 0.25) is 5.91 Å². The van der Waals surface area contributed by atoms with Crippen molar-refractivity contribution in [2.75, 3.05) is 39.3 Å². The highest BCUT2D eigenvalue weighted by Gasteiger charge is 2.36. The van der Waals surface area contributed by atoms with Crippen LogP contribution in [-0.2, 0) is 16.1 Å². The number of amides is 2. The van der Waals surface area contributed by atoms with Crippen molar-refractivity contribution >= 4 is 18.0 Å². The zero-order valence-electron chi connectivity index (χ0n) is 18.4. The molecule has 30 heavy (non-hydrogen) atoms. The third-order valence-corrected chi connectivity index (χ3v) is 5.21. The molecule has 2 aliphatic heterocycles. The molecule has 1 fully saturated rings. The molecule has 2 amide bonds. The molecule has 0 aromatic heterocycles. The van der Waals surface area contributed by atoms with E-state index in [-0.39, 0.29) is 24.6 Å². The number of ether oxygens (including phenoxy) is 1. The molecule has 2 heterocycles. The second kappa shape index (κ2) is 9.36. The van der Waals surface area contributed by atoms with Crippen molar-refractivity contribution in [3.05, 3.63) is 35.9 Å². The van der Waals surface area contributed by atoms with Crippen LogP contribution in [-0.4, -0.2) is 83.6 Å². The maximum Gasteiger partial charge on any atom is 0.410 e.